The number of halogens is 1. The molecule has 4 aromatic rings. The fraction of sp³-hybridized carbons (Fsp3) is 0. The molecule has 2 aromatic carbocycles. The Bertz CT molecular complexity index is 913. The highest BCUT2D eigenvalue weighted by molar-refractivity contribution is 9.10. The van der Waals surface area contributed by atoms with Gasteiger partial charge < -0.3 is 0 Å². The van der Waals surface area contributed by atoms with Crippen molar-refractivity contribution in [1.29, 1.82) is 0 Å². The molecule has 0 radical (unpaired) electrons. The monoisotopic (exact) mass is 323 g/mol. The average Bonchev–Trinajstić information content (AvgIpc) is 2.92. The van der Waals surface area contributed by atoms with E-state index >= 15 is 0 Å². The molecule has 2 aromatic heterocycles. The van der Waals surface area contributed by atoms with Crippen LogP contribution in [0.1, 0.15) is 0 Å². The van der Waals surface area contributed by atoms with E-state index in [2.05, 4.69) is 49.3 Å². The van der Waals surface area contributed by atoms with Gasteiger partial charge in [0.1, 0.15) is 5.69 Å². The van der Waals surface area contributed by atoms with Gasteiger partial charge in [0.25, 0.3) is 0 Å². The van der Waals surface area contributed by atoms with Crippen LogP contribution in [-0.2, 0) is 0 Å². The molecule has 0 spiro atoms. The topological polar surface area (TPSA) is 41.6 Å². The van der Waals surface area contributed by atoms with Gasteiger partial charge in [-0.15, -0.1) is 0 Å². The fourth-order valence-electron chi connectivity index (χ4n) is 2.45. The van der Waals surface area contributed by atoms with Gasteiger partial charge in [-0.1, -0.05) is 46.3 Å². The molecule has 0 atom stereocenters. The summed E-state index contributed by atoms with van der Waals surface area (Å²) in [5.74, 6) is 0. The number of nitrogens with zero attached hydrogens (tertiary/aromatic N) is 2. The van der Waals surface area contributed by atoms with Gasteiger partial charge in [0.15, 0.2) is 0 Å². The highest BCUT2D eigenvalue weighted by atomic mass is 79.9. The van der Waals surface area contributed by atoms with Crippen LogP contribution < -0.4 is 0 Å². The number of hydrogen-bond acceptors (Lipinski definition) is 2. The molecule has 0 amide bonds. The lowest BCUT2D eigenvalue weighted by molar-refractivity contribution is 1.13. The van der Waals surface area contributed by atoms with E-state index < -0.39 is 0 Å². The van der Waals surface area contributed by atoms with Gasteiger partial charge >= 0.3 is 0 Å². The molecule has 20 heavy (non-hydrogen) atoms. The van der Waals surface area contributed by atoms with Gasteiger partial charge in [-0.05, 0) is 18.2 Å². The predicted molar refractivity (Wildman–Crippen MR) is 84.5 cm³/mol. The lowest BCUT2D eigenvalue weighted by atomic mass is 10.1. The molecule has 0 aliphatic carbocycles. The molecule has 0 aliphatic heterocycles. The molecule has 0 unspecified atom stereocenters. The van der Waals surface area contributed by atoms with Crippen LogP contribution in [0.4, 0.5) is 0 Å². The number of benzene rings is 2. The lowest BCUT2D eigenvalue weighted by Gasteiger charge is -2.00. The zero-order chi connectivity index (χ0) is 13.5. The minimum Gasteiger partial charge on any atom is -0.276 e. The average molecular weight is 324 g/mol. The fourth-order valence-corrected chi connectivity index (χ4v) is 2.81. The molecule has 96 valence electrons. The van der Waals surface area contributed by atoms with E-state index in [1.807, 2.05) is 36.5 Å². The summed E-state index contributed by atoms with van der Waals surface area (Å²) in [7, 11) is 0. The molecule has 4 heteroatoms. The standard InChI is InChI=1S/C16H10BrN3/c17-11-6-7-14-12(8-11)16-13(9-18-14)15(19-20-16)10-4-2-1-3-5-10/h1-9H,(H,19,20). The first-order chi connectivity index (χ1) is 9.83. The Balaban J connectivity index is 2.07. The molecular weight excluding hydrogens is 314 g/mol. The molecule has 3 nitrogen and oxygen atoms in total. The lowest BCUT2D eigenvalue weighted by Crippen LogP contribution is -1.81. The highest BCUT2D eigenvalue weighted by Gasteiger charge is 2.11. The van der Waals surface area contributed by atoms with E-state index in [-0.39, 0.29) is 0 Å². The van der Waals surface area contributed by atoms with Gasteiger partial charge in [0.05, 0.1) is 11.0 Å². The Morgan fingerprint density at radius 2 is 1.80 bits per heavy atom. The number of pyridine rings is 1. The molecule has 0 saturated carbocycles. The van der Waals surface area contributed by atoms with Crippen molar-refractivity contribution in [1.82, 2.24) is 15.2 Å². The largest absolute Gasteiger partial charge is 0.276 e. The Hall–Kier alpha value is -2.20. The zero-order valence-corrected chi connectivity index (χ0v) is 12.1. The maximum Gasteiger partial charge on any atom is 0.101 e. The van der Waals surface area contributed by atoms with E-state index in [1.165, 1.54) is 0 Å². The summed E-state index contributed by atoms with van der Waals surface area (Å²) < 4.78 is 1.04. The normalized spacial score (nSPS) is 11.2. The SMILES string of the molecule is Brc1ccc2ncc3c(-c4ccccc4)n[nH]c3c2c1. The molecule has 4 rings (SSSR count). The Morgan fingerprint density at radius 3 is 2.65 bits per heavy atom. The molecule has 0 fully saturated rings. The van der Waals surface area contributed by atoms with E-state index in [0.29, 0.717) is 0 Å². The summed E-state index contributed by atoms with van der Waals surface area (Å²) in [6.07, 6.45) is 1.89. The van der Waals surface area contributed by atoms with Crippen molar-refractivity contribution in [2.24, 2.45) is 0 Å². The third-order valence-corrected chi connectivity index (χ3v) is 3.91. The molecule has 0 saturated heterocycles. The Labute approximate surface area is 123 Å². The number of nitrogens with one attached hydrogen (secondary N) is 1. The maximum absolute atomic E-state index is 4.53. The van der Waals surface area contributed by atoms with Gasteiger partial charge in [-0.2, -0.15) is 5.10 Å². The number of rotatable bonds is 1. The predicted octanol–water partition coefficient (Wildman–Crippen LogP) is 4.54. The van der Waals surface area contributed by atoms with E-state index in [9.17, 15) is 0 Å². The summed E-state index contributed by atoms with van der Waals surface area (Å²) in [5.41, 5.74) is 4.02. The zero-order valence-electron chi connectivity index (χ0n) is 10.5. The van der Waals surface area contributed by atoms with Crippen molar-refractivity contribution in [3.8, 4) is 11.3 Å². The van der Waals surface area contributed by atoms with E-state index in [1.54, 1.807) is 0 Å². The molecule has 0 aliphatic rings. The number of fused-ring (bicyclic) bond motifs is 3. The first-order valence-electron chi connectivity index (χ1n) is 6.31. The number of aromatic amines is 1. The summed E-state index contributed by atoms with van der Waals surface area (Å²) >= 11 is 3.51. The summed E-state index contributed by atoms with van der Waals surface area (Å²) in [6.45, 7) is 0. The first kappa shape index (κ1) is 11.6. The summed E-state index contributed by atoms with van der Waals surface area (Å²) in [4.78, 5) is 4.53. The van der Waals surface area contributed by atoms with Crippen LogP contribution in [0.25, 0.3) is 33.1 Å². The van der Waals surface area contributed by atoms with E-state index in [0.717, 1.165) is 37.5 Å². The quantitative estimate of drug-likeness (QED) is 0.558. The highest BCUT2D eigenvalue weighted by Crippen LogP contribution is 2.30. The Morgan fingerprint density at radius 1 is 0.950 bits per heavy atom. The van der Waals surface area contributed by atoms with E-state index in [4.69, 9.17) is 0 Å². The maximum atomic E-state index is 4.53. The molecule has 0 bridgehead atoms. The minimum atomic E-state index is 0.940. The number of aromatic nitrogens is 3. The van der Waals surface area contributed by atoms with Crippen molar-refractivity contribution in [2.45, 2.75) is 0 Å². The van der Waals surface area contributed by atoms with Crippen molar-refractivity contribution in [3.05, 3.63) is 59.2 Å². The van der Waals surface area contributed by atoms with Gasteiger partial charge in [0, 0.05) is 27.0 Å². The minimum absolute atomic E-state index is 0.940. The van der Waals surface area contributed by atoms with Gasteiger partial charge in [0.2, 0.25) is 0 Å². The number of hydrogen-bond donors (Lipinski definition) is 1. The van der Waals surface area contributed by atoms with Gasteiger partial charge in [-0.3, -0.25) is 10.1 Å². The van der Waals surface area contributed by atoms with Crippen molar-refractivity contribution < 1.29 is 0 Å². The molecule has 1 N–H and O–H groups in total. The third kappa shape index (κ3) is 1.72. The van der Waals surface area contributed by atoms with Crippen LogP contribution in [0, 0.1) is 0 Å². The number of H-pyrrole nitrogens is 1. The van der Waals surface area contributed by atoms with Crippen molar-refractivity contribution >= 4 is 37.7 Å². The van der Waals surface area contributed by atoms with Crippen LogP contribution in [0.2, 0.25) is 0 Å². The second-order valence-corrected chi connectivity index (χ2v) is 5.56. The smallest absolute Gasteiger partial charge is 0.101 e. The summed E-state index contributed by atoms with van der Waals surface area (Å²) in [6, 6.07) is 16.2. The van der Waals surface area contributed by atoms with Crippen LogP contribution in [0.3, 0.4) is 0 Å². The third-order valence-electron chi connectivity index (χ3n) is 3.41. The van der Waals surface area contributed by atoms with Crippen molar-refractivity contribution in [3.63, 3.8) is 0 Å². The molecule has 2 heterocycles. The Kier molecular flexibility index (Phi) is 2.57. The van der Waals surface area contributed by atoms with Crippen LogP contribution >= 0.6 is 15.9 Å². The van der Waals surface area contributed by atoms with Crippen LogP contribution in [0.15, 0.2) is 59.2 Å². The molecular formula is C16H10BrN3. The second-order valence-electron chi connectivity index (χ2n) is 4.65. The van der Waals surface area contributed by atoms with Crippen LogP contribution in [-0.4, -0.2) is 15.2 Å². The van der Waals surface area contributed by atoms with Crippen LogP contribution in [0.5, 0.6) is 0 Å². The first-order valence-corrected chi connectivity index (χ1v) is 7.10. The van der Waals surface area contributed by atoms with Crippen molar-refractivity contribution in [2.75, 3.05) is 0 Å². The van der Waals surface area contributed by atoms with Gasteiger partial charge in [-0.25, -0.2) is 0 Å². The second kappa shape index (κ2) is 4.42. The summed E-state index contributed by atoms with van der Waals surface area (Å²) in [5, 5.41) is 9.73.